The first-order chi connectivity index (χ1) is 51.1. The Morgan fingerprint density at radius 2 is 0.457 bits per heavy atom. The van der Waals surface area contributed by atoms with E-state index < -0.39 is 97.5 Å². The smallest absolute Gasteiger partial charge is 0.462 e. The van der Waals surface area contributed by atoms with Gasteiger partial charge in [-0.3, -0.25) is 37.3 Å². The van der Waals surface area contributed by atoms with Crippen molar-refractivity contribution < 1.29 is 80.2 Å². The van der Waals surface area contributed by atoms with Gasteiger partial charge in [0, 0.05) is 25.7 Å². The van der Waals surface area contributed by atoms with Crippen LogP contribution in [-0.2, 0) is 65.4 Å². The van der Waals surface area contributed by atoms with Crippen molar-refractivity contribution >= 4 is 39.5 Å². The Labute approximate surface area is 645 Å². The number of aliphatic hydroxyl groups excluding tert-OH is 1. The van der Waals surface area contributed by atoms with E-state index in [1.54, 1.807) is 0 Å². The van der Waals surface area contributed by atoms with Crippen LogP contribution in [0.4, 0.5) is 0 Å². The summed E-state index contributed by atoms with van der Waals surface area (Å²) in [5, 5.41) is 10.7. The molecule has 624 valence electrons. The Morgan fingerprint density at radius 3 is 0.676 bits per heavy atom. The molecule has 0 amide bonds. The molecular formula is C86H168O17P2. The highest BCUT2D eigenvalue weighted by molar-refractivity contribution is 7.47. The van der Waals surface area contributed by atoms with E-state index in [4.69, 9.17) is 37.0 Å². The zero-order valence-corrected chi connectivity index (χ0v) is 70.7. The van der Waals surface area contributed by atoms with E-state index >= 15 is 0 Å². The Bertz CT molecular complexity index is 2000. The lowest BCUT2D eigenvalue weighted by Crippen LogP contribution is -2.30. The van der Waals surface area contributed by atoms with Gasteiger partial charge in [-0.1, -0.05) is 413 Å². The molecule has 0 bridgehead atoms. The maximum Gasteiger partial charge on any atom is 0.472 e. The van der Waals surface area contributed by atoms with Gasteiger partial charge in [0.05, 0.1) is 26.4 Å². The molecule has 3 N–H and O–H groups in total. The van der Waals surface area contributed by atoms with Crippen molar-refractivity contribution in [2.24, 2.45) is 5.92 Å². The number of esters is 4. The van der Waals surface area contributed by atoms with Crippen molar-refractivity contribution in [2.75, 3.05) is 39.6 Å². The number of phosphoric acid groups is 2. The molecule has 19 heteroatoms. The van der Waals surface area contributed by atoms with E-state index in [2.05, 4.69) is 34.6 Å². The summed E-state index contributed by atoms with van der Waals surface area (Å²) in [5.41, 5.74) is 0. The molecule has 0 fully saturated rings. The summed E-state index contributed by atoms with van der Waals surface area (Å²) in [7, 11) is -9.93. The predicted molar refractivity (Wildman–Crippen MR) is 432 cm³/mol. The number of carbonyl (C=O) groups is 4. The number of hydrogen-bond donors (Lipinski definition) is 3. The molecule has 0 rings (SSSR count). The van der Waals surface area contributed by atoms with Crippen LogP contribution in [0.25, 0.3) is 0 Å². The van der Waals surface area contributed by atoms with E-state index in [9.17, 15) is 43.2 Å². The fourth-order valence-corrected chi connectivity index (χ4v) is 15.0. The third-order valence-corrected chi connectivity index (χ3v) is 22.5. The Kier molecular flexibility index (Phi) is 77.3. The number of aliphatic hydroxyl groups is 1. The minimum atomic E-state index is -4.97. The Balaban J connectivity index is 5.23. The average molecular weight is 1540 g/mol. The second-order valence-corrected chi connectivity index (χ2v) is 34.1. The first kappa shape index (κ1) is 103. The molecule has 0 aromatic carbocycles. The quantitative estimate of drug-likeness (QED) is 0.0222. The van der Waals surface area contributed by atoms with E-state index in [-0.39, 0.29) is 25.7 Å². The normalized spacial score (nSPS) is 14.0. The van der Waals surface area contributed by atoms with Gasteiger partial charge in [0.1, 0.15) is 19.3 Å². The van der Waals surface area contributed by atoms with Crippen molar-refractivity contribution in [2.45, 2.75) is 483 Å². The molecule has 0 saturated heterocycles. The van der Waals surface area contributed by atoms with Crippen LogP contribution in [0.1, 0.15) is 465 Å². The molecule has 0 aliphatic rings. The number of rotatable bonds is 86. The molecule has 0 saturated carbocycles. The molecule has 0 aromatic heterocycles. The molecule has 105 heavy (non-hydrogen) atoms. The summed E-state index contributed by atoms with van der Waals surface area (Å²) >= 11 is 0. The predicted octanol–water partition coefficient (Wildman–Crippen LogP) is 26.4. The van der Waals surface area contributed by atoms with Crippen molar-refractivity contribution in [1.29, 1.82) is 0 Å². The lowest BCUT2D eigenvalue weighted by atomic mass is 9.99. The minimum absolute atomic E-state index is 0.109. The molecule has 0 heterocycles. The summed E-state index contributed by atoms with van der Waals surface area (Å²) in [6, 6.07) is 0. The summed E-state index contributed by atoms with van der Waals surface area (Å²) < 4.78 is 68.9. The van der Waals surface area contributed by atoms with Gasteiger partial charge in [0.15, 0.2) is 12.2 Å². The fourth-order valence-electron chi connectivity index (χ4n) is 13.4. The van der Waals surface area contributed by atoms with Crippen molar-refractivity contribution in [3.63, 3.8) is 0 Å². The van der Waals surface area contributed by atoms with E-state index in [1.807, 2.05) is 0 Å². The first-order valence-electron chi connectivity index (χ1n) is 44.7. The van der Waals surface area contributed by atoms with Crippen LogP contribution in [0, 0.1) is 5.92 Å². The summed E-state index contributed by atoms with van der Waals surface area (Å²) in [5.74, 6) is -1.23. The van der Waals surface area contributed by atoms with Gasteiger partial charge in [0.2, 0.25) is 0 Å². The Morgan fingerprint density at radius 1 is 0.267 bits per heavy atom. The number of carbonyl (C=O) groups excluding carboxylic acids is 4. The SMILES string of the molecule is CCCCCCCCCCCCCCCCCCCC(=O)OC[C@H](COP(=O)(O)OC[C@@H](O)COP(=O)(O)OC[C@@H](COC(=O)CCCCCCCCCCCCCC)OC(=O)CCCCCCCCCCCCCCCC)OC(=O)CCCCCCCCCCCCCCCCCCCCC(C)CC. The highest BCUT2D eigenvalue weighted by atomic mass is 31.2. The fraction of sp³-hybridized carbons (Fsp3) is 0.953. The molecular weight excluding hydrogens is 1370 g/mol. The molecule has 0 aliphatic heterocycles. The number of unbranched alkanes of at least 4 members (excludes halogenated alkanes) is 57. The highest BCUT2D eigenvalue weighted by Crippen LogP contribution is 2.45. The number of hydrogen-bond acceptors (Lipinski definition) is 15. The van der Waals surface area contributed by atoms with Gasteiger partial charge < -0.3 is 33.8 Å². The average Bonchev–Trinajstić information content (AvgIpc) is 0.907. The molecule has 17 nitrogen and oxygen atoms in total. The van der Waals surface area contributed by atoms with Crippen molar-refractivity contribution in [1.82, 2.24) is 0 Å². The van der Waals surface area contributed by atoms with Gasteiger partial charge in [-0.15, -0.1) is 0 Å². The second-order valence-electron chi connectivity index (χ2n) is 31.2. The summed E-state index contributed by atoms with van der Waals surface area (Å²) in [6.45, 7) is 7.44. The van der Waals surface area contributed by atoms with E-state index in [1.165, 1.54) is 289 Å². The number of phosphoric ester groups is 2. The highest BCUT2D eigenvalue weighted by Gasteiger charge is 2.30. The van der Waals surface area contributed by atoms with Gasteiger partial charge in [-0.25, -0.2) is 9.13 Å². The van der Waals surface area contributed by atoms with Gasteiger partial charge in [-0.05, 0) is 31.6 Å². The molecule has 6 atom stereocenters. The van der Waals surface area contributed by atoms with Crippen LogP contribution >= 0.6 is 15.6 Å². The third kappa shape index (κ3) is 78.5. The lowest BCUT2D eigenvalue weighted by molar-refractivity contribution is -0.161. The van der Waals surface area contributed by atoms with Crippen LogP contribution in [0.5, 0.6) is 0 Å². The van der Waals surface area contributed by atoms with E-state index in [0.29, 0.717) is 25.7 Å². The topological polar surface area (TPSA) is 237 Å². The third-order valence-electron chi connectivity index (χ3n) is 20.6. The van der Waals surface area contributed by atoms with Crippen molar-refractivity contribution in [3.05, 3.63) is 0 Å². The summed E-state index contributed by atoms with van der Waals surface area (Å²) in [6.07, 6.45) is 72.0. The molecule has 0 aliphatic carbocycles. The van der Waals surface area contributed by atoms with Gasteiger partial charge in [-0.2, -0.15) is 0 Å². The van der Waals surface area contributed by atoms with E-state index in [0.717, 1.165) is 95.8 Å². The molecule has 0 radical (unpaired) electrons. The number of ether oxygens (including phenoxy) is 4. The first-order valence-corrected chi connectivity index (χ1v) is 47.7. The zero-order valence-electron chi connectivity index (χ0n) is 68.9. The van der Waals surface area contributed by atoms with Gasteiger partial charge in [0.25, 0.3) is 0 Å². The van der Waals surface area contributed by atoms with Gasteiger partial charge >= 0.3 is 39.5 Å². The van der Waals surface area contributed by atoms with Crippen LogP contribution in [0.3, 0.4) is 0 Å². The monoisotopic (exact) mass is 1540 g/mol. The van der Waals surface area contributed by atoms with Crippen LogP contribution in [0.2, 0.25) is 0 Å². The van der Waals surface area contributed by atoms with Crippen molar-refractivity contribution in [3.8, 4) is 0 Å². The minimum Gasteiger partial charge on any atom is -0.462 e. The lowest BCUT2D eigenvalue weighted by Gasteiger charge is -2.21. The Hall–Kier alpha value is -1.94. The van der Waals surface area contributed by atoms with Crippen LogP contribution in [-0.4, -0.2) is 96.7 Å². The maximum atomic E-state index is 13.1. The molecule has 0 aromatic rings. The molecule has 0 spiro atoms. The molecule has 3 unspecified atom stereocenters. The summed E-state index contributed by atoms with van der Waals surface area (Å²) in [4.78, 5) is 73.2. The largest absolute Gasteiger partial charge is 0.472 e. The van der Waals surface area contributed by atoms with Crippen LogP contribution < -0.4 is 0 Å². The second kappa shape index (κ2) is 78.7. The zero-order chi connectivity index (χ0) is 76.9. The standard InChI is InChI=1S/C86H168O17P2/c1-6-10-13-16-19-22-25-28-30-33-37-41-45-50-55-60-65-70-84(89)97-76-82(103-86(91)72-67-62-57-52-47-42-38-35-32-31-34-36-39-43-48-53-58-63-68-79(5)9-4)78-101-105(94,95)99-74-80(87)73-98-104(92,93)100-77-81(75-96-83(88)69-64-59-54-49-44-27-24-21-18-15-12-8-3)102-85(90)71-66-61-56-51-46-40-29-26-23-20-17-14-11-7-2/h79-82,87H,6-78H2,1-5H3,(H,92,93)(H,94,95)/t79?,80-,81+,82+/m0/s1. The maximum absolute atomic E-state index is 13.1. The van der Waals surface area contributed by atoms with Crippen LogP contribution in [0.15, 0.2) is 0 Å².